The smallest absolute Gasteiger partial charge is 0.142 e. The SMILES string of the molecule is CCN1CCC(N(C)c2ccnc(C#N)c2)CC1. The highest BCUT2D eigenvalue weighted by molar-refractivity contribution is 5.49. The molecular formula is C14H20N4. The number of pyridine rings is 1. The van der Waals surface area contributed by atoms with Crippen molar-refractivity contribution >= 4 is 5.69 Å². The van der Waals surface area contributed by atoms with Crippen LogP contribution in [-0.2, 0) is 0 Å². The van der Waals surface area contributed by atoms with Gasteiger partial charge in [-0.1, -0.05) is 6.92 Å². The van der Waals surface area contributed by atoms with Crippen molar-refractivity contribution in [2.75, 3.05) is 31.6 Å². The summed E-state index contributed by atoms with van der Waals surface area (Å²) in [4.78, 5) is 8.79. The maximum atomic E-state index is 8.88. The van der Waals surface area contributed by atoms with Crippen LogP contribution in [0.1, 0.15) is 25.5 Å². The van der Waals surface area contributed by atoms with Gasteiger partial charge in [-0.05, 0) is 31.5 Å². The van der Waals surface area contributed by atoms with E-state index in [1.165, 1.54) is 25.9 Å². The summed E-state index contributed by atoms with van der Waals surface area (Å²) in [6.45, 7) is 5.69. The van der Waals surface area contributed by atoms with Crippen LogP contribution < -0.4 is 4.90 Å². The zero-order chi connectivity index (χ0) is 13.0. The maximum absolute atomic E-state index is 8.88. The maximum Gasteiger partial charge on any atom is 0.142 e. The summed E-state index contributed by atoms with van der Waals surface area (Å²) in [5.41, 5.74) is 1.59. The Morgan fingerprint density at radius 1 is 1.50 bits per heavy atom. The summed E-state index contributed by atoms with van der Waals surface area (Å²) in [5.74, 6) is 0. The summed E-state index contributed by atoms with van der Waals surface area (Å²) < 4.78 is 0. The van der Waals surface area contributed by atoms with Crippen LogP contribution >= 0.6 is 0 Å². The average molecular weight is 244 g/mol. The largest absolute Gasteiger partial charge is 0.371 e. The van der Waals surface area contributed by atoms with Crippen molar-refractivity contribution in [3.05, 3.63) is 24.0 Å². The summed E-state index contributed by atoms with van der Waals surface area (Å²) in [6.07, 6.45) is 4.09. The number of anilines is 1. The van der Waals surface area contributed by atoms with E-state index in [0.717, 1.165) is 12.2 Å². The van der Waals surface area contributed by atoms with E-state index in [1.807, 2.05) is 12.1 Å². The first-order valence-corrected chi connectivity index (χ1v) is 6.56. The van der Waals surface area contributed by atoms with E-state index in [-0.39, 0.29) is 0 Å². The van der Waals surface area contributed by atoms with Crippen molar-refractivity contribution in [3.63, 3.8) is 0 Å². The highest BCUT2D eigenvalue weighted by atomic mass is 15.2. The molecule has 4 heteroatoms. The van der Waals surface area contributed by atoms with E-state index < -0.39 is 0 Å². The molecule has 1 fully saturated rings. The predicted molar refractivity (Wildman–Crippen MR) is 72.5 cm³/mol. The molecule has 2 heterocycles. The fraction of sp³-hybridized carbons (Fsp3) is 0.571. The first-order chi connectivity index (χ1) is 8.74. The van der Waals surface area contributed by atoms with Crippen LogP contribution in [0.25, 0.3) is 0 Å². The van der Waals surface area contributed by atoms with E-state index in [4.69, 9.17) is 5.26 Å². The zero-order valence-corrected chi connectivity index (χ0v) is 11.1. The average Bonchev–Trinajstić information content (AvgIpc) is 2.46. The van der Waals surface area contributed by atoms with E-state index in [0.29, 0.717) is 11.7 Å². The first-order valence-electron chi connectivity index (χ1n) is 6.56. The van der Waals surface area contributed by atoms with Crippen molar-refractivity contribution < 1.29 is 0 Å². The number of nitriles is 1. The number of hydrogen-bond acceptors (Lipinski definition) is 4. The van der Waals surface area contributed by atoms with E-state index in [1.54, 1.807) is 6.20 Å². The lowest BCUT2D eigenvalue weighted by atomic mass is 10.0. The van der Waals surface area contributed by atoms with Crippen LogP contribution in [0.5, 0.6) is 0 Å². The number of aromatic nitrogens is 1. The minimum Gasteiger partial charge on any atom is -0.371 e. The Morgan fingerprint density at radius 2 is 2.22 bits per heavy atom. The molecular weight excluding hydrogens is 224 g/mol. The number of piperidine rings is 1. The Morgan fingerprint density at radius 3 is 2.83 bits per heavy atom. The summed E-state index contributed by atoms with van der Waals surface area (Å²) in [6, 6.07) is 6.51. The molecule has 0 radical (unpaired) electrons. The lowest BCUT2D eigenvalue weighted by Gasteiger charge is -2.37. The molecule has 1 aromatic rings. The molecule has 0 saturated carbocycles. The molecule has 18 heavy (non-hydrogen) atoms. The molecule has 0 unspecified atom stereocenters. The van der Waals surface area contributed by atoms with Gasteiger partial charge in [0.25, 0.3) is 0 Å². The molecule has 4 nitrogen and oxygen atoms in total. The van der Waals surface area contributed by atoms with Crippen LogP contribution in [-0.4, -0.2) is 42.6 Å². The molecule has 1 aliphatic rings. The van der Waals surface area contributed by atoms with Gasteiger partial charge in [0, 0.05) is 38.1 Å². The third kappa shape index (κ3) is 2.80. The monoisotopic (exact) mass is 244 g/mol. The van der Waals surface area contributed by atoms with Gasteiger partial charge >= 0.3 is 0 Å². The van der Waals surface area contributed by atoms with Gasteiger partial charge in [0.1, 0.15) is 11.8 Å². The lowest BCUT2D eigenvalue weighted by Crippen LogP contribution is -2.43. The molecule has 0 bridgehead atoms. The van der Waals surface area contributed by atoms with Gasteiger partial charge in [-0.15, -0.1) is 0 Å². The predicted octanol–water partition coefficient (Wildman–Crippen LogP) is 1.87. The summed E-state index contributed by atoms with van der Waals surface area (Å²) >= 11 is 0. The second-order valence-corrected chi connectivity index (χ2v) is 4.79. The molecule has 0 aliphatic carbocycles. The minimum absolute atomic E-state index is 0.491. The lowest BCUT2D eigenvalue weighted by molar-refractivity contribution is 0.221. The topological polar surface area (TPSA) is 43.2 Å². The highest BCUT2D eigenvalue weighted by Gasteiger charge is 2.21. The van der Waals surface area contributed by atoms with Gasteiger partial charge in [0.15, 0.2) is 0 Å². The van der Waals surface area contributed by atoms with E-state index in [9.17, 15) is 0 Å². The van der Waals surface area contributed by atoms with Gasteiger partial charge in [-0.25, -0.2) is 4.98 Å². The number of likely N-dealkylation sites (tertiary alicyclic amines) is 1. The van der Waals surface area contributed by atoms with Crippen molar-refractivity contribution in [1.29, 1.82) is 5.26 Å². The first kappa shape index (κ1) is 12.8. The number of nitrogens with zero attached hydrogens (tertiary/aromatic N) is 4. The molecule has 0 aromatic carbocycles. The Hall–Kier alpha value is -1.60. The fourth-order valence-electron chi connectivity index (χ4n) is 2.53. The third-order valence-electron chi connectivity index (χ3n) is 3.82. The van der Waals surface area contributed by atoms with Crippen LogP contribution in [0, 0.1) is 11.3 Å². The molecule has 2 rings (SSSR count). The second kappa shape index (κ2) is 5.83. The van der Waals surface area contributed by atoms with Crippen LogP contribution in [0.15, 0.2) is 18.3 Å². The molecule has 0 atom stereocenters. The van der Waals surface area contributed by atoms with Crippen molar-refractivity contribution in [2.24, 2.45) is 0 Å². The Balaban J connectivity index is 2.03. The molecule has 1 saturated heterocycles. The normalized spacial score (nSPS) is 17.4. The quantitative estimate of drug-likeness (QED) is 0.814. The van der Waals surface area contributed by atoms with Gasteiger partial charge < -0.3 is 9.80 Å². The van der Waals surface area contributed by atoms with E-state index >= 15 is 0 Å². The Kier molecular flexibility index (Phi) is 4.16. The summed E-state index contributed by atoms with van der Waals surface area (Å²) in [7, 11) is 2.11. The zero-order valence-electron chi connectivity index (χ0n) is 11.1. The van der Waals surface area contributed by atoms with Crippen molar-refractivity contribution in [3.8, 4) is 6.07 Å². The third-order valence-corrected chi connectivity index (χ3v) is 3.82. The van der Waals surface area contributed by atoms with E-state index in [2.05, 4.69) is 34.8 Å². The summed E-state index contributed by atoms with van der Waals surface area (Å²) in [5, 5.41) is 8.88. The molecule has 1 aromatic heterocycles. The molecule has 0 amide bonds. The van der Waals surface area contributed by atoms with Gasteiger partial charge in [-0.3, -0.25) is 0 Å². The molecule has 0 spiro atoms. The van der Waals surface area contributed by atoms with Crippen LogP contribution in [0.2, 0.25) is 0 Å². The molecule has 0 N–H and O–H groups in total. The molecule has 1 aliphatic heterocycles. The van der Waals surface area contributed by atoms with Gasteiger partial charge in [0.05, 0.1) is 0 Å². The van der Waals surface area contributed by atoms with Crippen molar-refractivity contribution in [2.45, 2.75) is 25.8 Å². The van der Waals surface area contributed by atoms with Gasteiger partial charge in [-0.2, -0.15) is 5.26 Å². The van der Waals surface area contributed by atoms with Crippen molar-refractivity contribution in [1.82, 2.24) is 9.88 Å². The van der Waals surface area contributed by atoms with Crippen LogP contribution in [0.4, 0.5) is 5.69 Å². The fourth-order valence-corrected chi connectivity index (χ4v) is 2.53. The standard InChI is InChI=1S/C14H20N4/c1-3-18-8-5-13(6-9-18)17(2)14-4-7-16-12(10-14)11-15/h4,7,10,13H,3,5-6,8-9H2,1-2H3. The Bertz CT molecular complexity index is 430. The molecule has 96 valence electrons. The Labute approximate surface area is 109 Å². The number of rotatable bonds is 3. The van der Waals surface area contributed by atoms with Gasteiger partial charge in [0.2, 0.25) is 0 Å². The van der Waals surface area contributed by atoms with Crippen LogP contribution in [0.3, 0.4) is 0 Å². The highest BCUT2D eigenvalue weighted by Crippen LogP contribution is 2.22. The second-order valence-electron chi connectivity index (χ2n) is 4.79. The minimum atomic E-state index is 0.491. The number of hydrogen-bond donors (Lipinski definition) is 0.